The van der Waals surface area contributed by atoms with Crippen LogP contribution < -0.4 is 5.32 Å². The number of rotatable bonds is 3. The van der Waals surface area contributed by atoms with Gasteiger partial charge in [-0.25, -0.2) is 14.8 Å². The van der Waals surface area contributed by atoms with Crippen LogP contribution in [-0.2, 0) is 11.8 Å². The van der Waals surface area contributed by atoms with Crippen LogP contribution in [0, 0.1) is 0 Å². The first-order valence-corrected chi connectivity index (χ1v) is 8.56. The summed E-state index contributed by atoms with van der Waals surface area (Å²) in [5, 5.41) is 7.25. The number of carbonyl (C=O) groups is 1. The fourth-order valence-corrected chi connectivity index (χ4v) is 2.61. The Labute approximate surface area is 152 Å². The van der Waals surface area contributed by atoms with Crippen LogP contribution in [0.25, 0.3) is 5.57 Å². The minimum Gasteiger partial charge on any atom is -0.444 e. The molecule has 2 aromatic heterocycles. The van der Waals surface area contributed by atoms with Crippen molar-refractivity contribution in [3.8, 4) is 0 Å². The van der Waals surface area contributed by atoms with Crippen molar-refractivity contribution in [2.75, 3.05) is 18.4 Å². The standard InChI is InChI=1S/C18H24N6O2/c1-18(2,3)26-17(25)24-9-6-13(7-10-24)15-5-8-19-16(22-15)21-14-11-20-23(4)12-14/h5-6,8,11-12H,7,9-10H2,1-4H3,(H,19,21,22). The molecule has 1 aliphatic heterocycles. The summed E-state index contributed by atoms with van der Waals surface area (Å²) in [7, 11) is 1.85. The average Bonchev–Trinajstić information content (AvgIpc) is 2.98. The summed E-state index contributed by atoms with van der Waals surface area (Å²) in [4.78, 5) is 22.7. The van der Waals surface area contributed by atoms with Gasteiger partial charge in [0.25, 0.3) is 0 Å². The Hall–Kier alpha value is -2.90. The molecule has 2 aromatic rings. The van der Waals surface area contributed by atoms with Gasteiger partial charge in [0.15, 0.2) is 0 Å². The molecule has 8 nitrogen and oxygen atoms in total. The van der Waals surface area contributed by atoms with Crippen LogP contribution in [0.4, 0.5) is 16.4 Å². The molecule has 0 saturated carbocycles. The zero-order chi connectivity index (χ0) is 18.7. The highest BCUT2D eigenvalue weighted by Crippen LogP contribution is 2.23. The van der Waals surface area contributed by atoms with Gasteiger partial charge in [-0.3, -0.25) is 4.68 Å². The van der Waals surface area contributed by atoms with Crippen molar-refractivity contribution < 1.29 is 9.53 Å². The number of aryl methyl sites for hydroxylation is 1. The Morgan fingerprint density at radius 2 is 2.15 bits per heavy atom. The van der Waals surface area contributed by atoms with E-state index in [4.69, 9.17) is 4.74 Å². The zero-order valence-corrected chi connectivity index (χ0v) is 15.6. The fraction of sp³-hybridized carbons (Fsp3) is 0.444. The van der Waals surface area contributed by atoms with Gasteiger partial charge < -0.3 is 15.0 Å². The summed E-state index contributed by atoms with van der Waals surface area (Å²) in [6.07, 6.45) is 7.76. The second-order valence-corrected chi connectivity index (χ2v) is 7.20. The van der Waals surface area contributed by atoms with Crippen molar-refractivity contribution in [1.29, 1.82) is 0 Å². The van der Waals surface area contributed by atoms with E-state index in [1.54, 1.807) is 22.0 Å². The monoisotopic (exact) mass is 356 g/mol. The highest BCUT2D eigenvalue weighted by atomic mass is 16.6. The maximum absolute atomic E-state index is 12.1. The Morgan fingerprint density at radius 3 is 2.77 bits per heavy atom. The van der Waals surface area contributed by atoms with E-state index in [-0.39, 0.29) is 6.09 Å². The van der Waals surface area contributed by atoms with E-state index in [0.717, 1.165) is 23.4 Å². The van der Waals surface area contributed by atoms with Gasteiger partial charge in [0, 0.05) is 32.5 Å². The summed E-state index contributed by atoms with van der Waals surface area (Å²) in [6, 6.07) is 1.88. The highest BCUT2D eigenvalue weighted by Gasteiger charge is 2.24. The molecule has 0 aromatic carbocycles. The van der Waals surface area contributed by atoms with Crippen LogP contribution in [0.2, 0.25) is 0 Å². The maximum Gasteiger partial charge on any atom is 0.410 e. The van der Waals surface area contributed by atoms with Gasteiger partial charge in [0.2, 0.25) is 5.95 Å². The minimum atomic E-state index is -0.486. The molecule has 3 heterocycles. The first kappa shape index (κ1) is 17.9. The largest absolute Gasteiger partial charge is 0.444 e. The quantitative estimate of drug-likeness (QED) is 0.910. The van der Waals surface area contributed by atoms with E-state index in [9.17, 15) is 4.79 Å². The van der Waals surface area contributed by atoms with Gasteiger partial charge in [0.1, 0.15) is 5.60 Å². The van der Waals surface area contributed by atoms with E-state index in [2.05, 4.69) is 20.4 Å². The van der Waals surface area contributed by atoms with E-state index in [1.165, 1.54) is 0 Å². The van der Waals surface area contributed by atoms with Gasteiger partial charge in [-0.1, -0.05) is 6.08 Å². The molecule has 0 saturated heterocycles. The molecule has 26 heavy (non-hydrogen) atoms. The van der Waals surface area contributed by atoms with Crippen LogP contribution >= 0.6 is 0 Å². The van der Waals surface area contributed by atoms with E-state index in [1.807, 2.05) is 46.2 Å². The SMILES string of the molecule is Cn1cc(Nc2nccc(C3=CCN(C(=O)OC(C)(C)C)CC3)n2)cn1. The number of nitrogens with zero attached hydrogens (tertiary/aromatic N) is 5. The molecule has 0 unspecified atom stereocenters. The van der Waals surface area contributed by atoms with Crippen molar-refractivity contribution in [3.63, 3.8) is 0 Å². The van der Waals surface area contributed by atoms with Crippen molar-refractivity contribution in [3.05, 3.63) is 36.4 Å². The third kappa shape index (κ3) is 4.59. The first-order chi connectivity index (χ1) is 12.3. The summed E-state index contributed by atoms with van der Waals surface area (Å²) < 4.78 is 7.13. The predicted octanol–water partition coefficient (Wildman–Crippen LogP) is 2.98. The number of amides is 1. The summed E-state index contributed by atoms with van der Waals surface area (Å²) in [5.41, 5.74) is 2.30. The second-order valence-electron chi connectivity index (χ2n) is 7.20. The minimum absolute atomic E-state index is 0.283. The molecular formula is C18H24N6O2. The van der Waals surface area contributed by atoms with E-state index >= 15 is 0 Å². The number of carbonyl (C=O) groups excluding carboxylic acids is 1. The molecule has 0 aliphatic carbocycles. The van der Waals surface area contributed by atoms with Gasteiger partial charge in [-0.15, -0.1) is 0 Å². The molecule has 0 bridgehead atoms. The molecule has 0 atom stereocenters. The molecule has 1 amide bonds. The Bertz CT molecular complexity index is 821. The first-order valence-electron chi connectivity index (χ1n) is 8.56. The summed E-state index contributed by atoms with van der Waals surface area (Å²) >= 11 is 0. The summed E-state index contributed by atoms with van der Waals surface area (Å²) in [6.45, 7) is 6.73. The Kier molecular flexibility index (Phi) is 4.92. The lowest BCUT2D eigenvalue weighted by atomic mass is 10.1. The third-order valence-corrected chi connectivity index (χ3v) is 3.81. The van der Waals surface area contributed by atoms with Crippen LogP contribution in [0.5, 0.6) is 0 Å². The Balaban J connectivity index is 1.66. The maximum atomic E-state index is 12.1. The van der Waals surface area contributed by atoms with Gasteiger partial charge >= 0.3 is 6.09 Å². The van der Waals surface area contributed by atoms with E-state index < -0.39 is 5.60 Å². The van der Waals surface area contributed by atoms with Crippen molar-refractivity contribution >= 4 is 23.3 Å². The Morgan fingerprint density at radius 1 is 1.35 bits per heavy atom. The van der Waals surface area contributed by atoms with Crippen LogP contribution in [0.15, 0.2) is 30.7 Å². The van der Waals surface area contributed by atoms with Crippen LogP contribution in [-0.4, -0.2) is 49.4 Å². The van der Waals surface area contributed by atoms with Crippen LogP contribution in [0.3, 0.4) is 0 Å². The van der Waals surface area contributed by atoms with E-state index in [0.29, 0.717) is 19.0 Å². The summed E-state index contributed by atoms with van der Waals surface area (Å²) in [5.74, 6) is 0.519. The van der Waals surface area contributed by atoms with Gasteiger partial charge in [-0.05, 0) is 38.8 Å². The molecule has 8 heteroatoms. The van der Waals surface area contributed by atoms with Crippen molar-refractivity contribution in [2.24, 2.45) is 7.05 Å². The molecular weight excluding hydrogens is 332 g/mol. The van der Waals surface area contributed by atoms with Crippen LogP contribution in [0.1, 0.15) is 32.9 Å². The molecule has 3 rings (SSSR count). The highest BCUT2D eigenvalue weighted by molar-refractivity contribution is 5.72. The van der Waals surface area contributed by atoms with Gasteiger partial charge in [0.05, 0.1) is 17.6 Å². The second kappa shape index (κ2) is 7.15. The molecule has 0 spiro atoms. The number of hydrogen-bond acceptors (Lipinski definition) is 6. The average molecular weight is 356 g/mol. The normalized spacial score (nSPS) is 14.8. The smallest absolute Gasteiger partial charge is 0.410 e. The fourth-order valence-electron chi connectivity index (χ4n) is 2.61. The van der Waals surface area contributed by atoms with Gasteiger partial charge in [-0.2, -0.15) is 5.10 Å². The number of aromatic nitrogens is 4. The molecule has 0 fully saturated rings. The molecule has 138 valence electrons. The topological polar surface area (TPSA) is 85.2 Å². The number of nitrogens with one attached hydrogen (secondary N) is 1. The lowest BCUT2D eigenvalue weighted by Crippen LogP contribution is -2.39. The molecule has 1 N–H and O–H groups in total. The number of ether oxygens (including phenoxy) is 1. The molecule has 1 aliphatic rings. The van der Waals surface area contributed by atoms with Crippen molar-refractivity contribution in [2.45, 2.75) is 32.8 Å². The van der Waals surface area contributed by atoms with Crippen molar-refractivity contribution in [1.82, 2.24) is 24.6 Å². The molecule has 0 radical (unpaired) electrons. The number of hydrogen-bond donors (Lipinski definition) is 1. The lowest BCUT2D eigenvalue weighted by molar-refractivity contribution is 0.0270. The predicted molar refractivity (Wildman–Crippen MR) is 98.9 cm³/mol. The zero-order valence-electron chi connectivity index (χ0n) is 15.6. The number of anilines is 2. The third-order valence-electron chi connectivity index (χ3n) is 3.81. The lowest BCUT2D eigenvalue weighted by Gasteiger charge is -2.29.